The van der Waals surface area contributed by atoms with Crippen LogP contribution in [0, 0.1) is 6.92 Å². The van der Waals surface area contributed by atoms with Crippen LogP contribution in [-0.4, -0.2) is 29.3 Å². The van der Waals surface area contributed by atoms with E-state index in [2.05, 4.69) is 30.7 Å². The molecule has 0 unspecified atom stereocenters. The van der Waals surface area contributed by atoms with Gasteiger partial charge in [0, 0.05) is 31.2 Å². The SMILES string of the molecule is Cc1ccccc1Nc1nncc(Nc2ccc(N(C)C)cc2)n1. The van der Waals surface area contributed by atoms with Gasteiger partial charge in [-0.3, -0.25) is 0 Å². The third kappa shape index (κ3) is 3.78. The van der Waals surface area contributed by atoms with Gasteiger partial charge >= 0.3 is 0 Å². The minimum atomic E-state index is 0.458. The molecule has 0 radical (unpaired) electrons. The third-order valence-electron chi connectivity index (χ3n) is 3.61. The molecule has 0 saturated carbocycles. The molecule has 0 aliphatic heterocycles. The third-order valence-corrected chi connectivity index (χ3v) is 3.61. The van der Waals surface area contributed by atoms with Crippen LogP contribution < -0.4 is 15.5 Å². The van der Waals surface area contributed by atoms with E-state index < -0.39 is 0 Å². The molecule has 0 fully saturated rings. The molecule has 0 atom stereocenters. The summed E-state index contributed by atoms with van der Waals surface area (Å²) in [4.78, 5) is 6.51. The van der Waals surface area contributed by atoms with Crippen molar-refractivity contribution < 1.29 is 0 Å². The minimum Gasteiger partial charge on any atom is -0.378 e. The van der Waals surface area contributed by atoms with Gasteiger partial charge in [-0.2, -0.15) is 10.1 Å². The molecule has 0 bridgehead atoms. The molecule has 3 rings (SSSR count). The first-order valence-corrected chi connectivity index (χ1v) is 7.68. The van der Waals surface area contributed by atoms with Crippen molar-refractivity contribution in [3.05, 3.63) is 60.3 Å². The average molecular weight is 320 g/mol. The number of anilines is 5. The number of para-hydroxylation sites is 1. The summed E-state index contributed by atoms with van der Waals surface area (Å²) in [5, 5.41) is 14.5. The van der Waals surface area contributed by atoms with Gasteiger partial charge in [-0.05, 0) is 42.8 Å². The van der Waals surface area contributed by atoms with Crippen molar-refractivity contribution in [2.75, 3.05) is 29.6 Å². The quantitative estimate of drug-likeness (QED) is 0.746. The first kappa shape index (κ1) is 15.7. The van der Waals surface area contributed by atoms with Crippen LogP contribution in [-0.2, 0) is 0 Å². The van der Waals surface area contributed by atoms with E-state index in [-0.39, 0.29) is 0 Å². The maximum atomic E-state index is 4.46. The fourth-order valence-electron chi connectivity index (χ4n) is 2.24. The summed E-state index contributed by atoms with van der Waals surface area (Å²) in [7, 11) is 4.03. The highest BCUT2D eigenvalue weighted by molar-refractivity contribution is 5.62. The van der Waals surface area contributed by atoms with Gasteiger partial charge in [0.25, 0.3) is 0 Å². The Morgan fingerprint density at radius 3 is 2.38 bits per heavy atom. The van der Waals surface area contributed by atoms with E-state index in [1.807, 2.05) is 69.6 Å². The van der Waals surface area contributed by atoms with Crippen LogP contribution in [0.5, 0.6) is 0 Å². The van der Waals surface area contributed by atoms with E-state index >= 15 is 0 Å². The Balaban J connectivity index is 1.74. The van der Waals surface area contributed by atoms with Crippen molar-refractivity contribution in [3.63, 3.8) is 0 Å². The summed E-state index contributed by atoms with van der Waals surface area (Å²) in [6.45, 7) is 2.03. The first-order chi connectivity index (χ1) is 11.6. The van der Waals surface area contributed by atoms with Crippen LogP contribution in [0.1, 0.15) is 5.56 Å². The molecule has 3 aromatic rings. The molecule has 1 aromatic heterocycles. The summed E-state index contributed by atoms with van der Waals surface area (Å²) >= 11 is 0. The van der Waals surface area contributed by atoms with E-state index in [1.54, 1.807) is 6.20 Å². The average Bonchev–Trinajstić information content (AvgIpc) is 2.58. The number of hydrogen-bond acceptors (Lipinski definition) is 6. The number of nitrogens with one attached hydrogen (secondary N) is 2. The molecular weight excluding hydrogens is 300 g/mol. The smallest absolute Gasteiger partial charge is 0.249 e. The largest absolute Gasteiger partial charge is 0.378 e. The van der Waals surface area contributed by atoms with Crippen LogP contribution in [0.15, 0.2) is 54.7 Å². The zero-order valence-electron chi connectivity index (χ0n) is 14.0. The first-order valence-electron chi connectivity index (χ1n) is 7.68. The second-order valence-electron chi connectivity index (χ2n) is 5.67. The molecule has 122 valence electrons. The fraction of sp³-hybridized carbons (Fsp3) is 0.167. The van der Waals surface area contributed by atoms with Crippen LogP contribution in [0.3, 0.4) is 0 Å². The van der Waals surface area contributed by atoms with Crippen LogP contribution in [0.25, 0.3) is 0 Å². The lowest BCUT2D eigenvalue weighted by Gasteiger charge is -2.13. The number of hydrogen-bond donors (Lipinski definition) is 2. The molecule has 24 heavy (non-hydrogen) atoms. The molecule has 0 spiro atoms. The lowest BCUT2D eigenvalue weighted by Crippen LogP contribution is -2.08. The predicted octanol–water partition coefficient (Wildman–Crippen LogP) is 3.73. The monoisotopic (exact) mass is 320 g/mol. The zero-order chi connectivity index (χ0) is 16.9. The van der Waals surface area contributed by atoms with Crippen molar-refractivity contribution in [1.82, 2.24) is 15.2 Å². The van der Waals surface area contributed by atoms with Crippen LogP contribution in [0.4, 0.5) is 28.8 Å². The van der Waals surface area contributed by atoms with Gasteiger partial charge in [0.1, 0.15) is 0 Å². The molecule has 0 saturated heterocycles. The van der Waals surface area contributed by atoms with Gasteiger partial charge in [0.2, 0.25) is 5.95 Å². The summed E-state index contributed by atoms with van der Waals surface area (Å²) in [6.07, 6.45) is 1.60. The molecular formula is C18H20N6. The second kappa shape index (κ2) is 6.95. The predicted molar refractivity (Wildman–Crippen MR) is 98.3 cm³/mol. The highest BCUT2D eigenvalue weighted by Gasteiger charge is 2.04. The number of rotatable bonds is 5. The molecule has 2 aromatic carbocycles. The van der Waals surface area contributed by atoms with Gasteiger partial charge in [-0.1, -0.05) is 18.2 Å². The Hall–Kier alpha value is -3.15. The van der Waals surface area contributed by atoms with E-state index in [0.29, 0.717) is 11.8 Å². The normalized spacial score (nSPS) is 10.3. The molecule has 6 nitrogen and oxygen atoms in total. The summed E-state index contributed by atoms with van der Waals surface area (Å²) < 4.78 is 0. The Bertz CT molecular complexity index is 814. The highest BCUT2D eigenvalue weighted by atomic mass is 15.3. The molecule has 2 N–H and O–H groups in total. The second-order valence-corrected chi connectivity index (χ2v) is 5.67. The van der Waals surface area contributed by atoms with Gasteiger partial charge in [0.05, 0.1) is 6.20 Å². The van der Waals surface area contributed by atoms with Crippen molar-refractivity contribution in [3.8, 4) is 0 Å². The van der Waals surface area contributed by atoms with Gasteiger partial charge in [-0.15, -0.1) is 5.10 Å². The summed E-state index contributed by atoms with van der Waals surface area (Å²) in [6, 6.07) is 16.1. The van der Waals surface area contributed by atoms with Gasteiger partial charge in [-0.25, -0.2) is 0 Å². The summed E-state index contributed by atoms with van der Waals surface area (Å²) in [5.74, 6) is 1.10. The molecule has 0 amide bonds. The molecule has 6 heteroatoms. The Morgan fingerprint density at radius 1 is 0.917 bits per heavy atom. The Morgan fingerprint density at radius 2 is 1.67 bits per heavy atom. The Labute approximate surface area is 141 Å². The van der Waals surface area contributed by atoms with E-state index in [1.165, 1.54) is 0 Å². The topological polar surface area (TPSA) is 66.0 Å². The lowest BCUT2D eigenvalue weighted by molar-refractivity contribution is 0.981. The zero-order valence-corrected chi connectivity index (χ0v) is 14.0. The van der Waals surface area contributed by atoms with Gasteiger partial charge < -0.3 is 15.5 Å². The number of aryl methyl sites for hydroxylation is 1. The van der Waals surface area contributed by atoms with Crippen LogP contribution in [0.2, 0.25) is 0 Å². The highest BCUT2D eigenvalue weighted by Crippen LogP contribution is 2.20. The number of benzene rings is 2. The van der Waals surface area contributed by atoms with E-state index in [0.717, 1.165) is 22.6 Å². The summed E-state index contributed by atoms with van der Waals surface area (Å²) in [5.41, 5.74) is 4.18. The van der Waals surface area contributed by atoms with Crippen molar-refractivity contribution in [2.24, 2.45) is 0 Å². The van der Waals surface area contributed by atoms with Crippen LogP contribution >= 0.6 is 0 Å². The van der Waals surface area contributed by atoms with Crippen molar-refractivity contribution in [1.29, 1.82) is 0 Å². The molecule has 0 aliphatic rings. The molecule has 0 aliphatic carbocycles. The minimum absolute atomic E-state index is 0.458. The van der Waals surface area contributed by atoms with Crippen molar-refractivity contribution in [2.45, 2.75) is 6.92 Å². The van der Waals surface area contributed by atoms with Gasteiger partial charge in [0.15, 0.2) is 5.82 Å². The molecule has 1 heterocycles. The number of nitrogens with zero attached hydrogens (tertiary/aromatic N) is 4. The Kier molecular flexibility index (Phi) is 4.56. The lowest BCUT2D eigenvalue weighted by atomic mass is 10.2. The number of aromatic nitrogens is 3. The van der Waals surface area contributed by atoms with Crippen molar-refractivity contribution >= 4 is 28.8 Å². The maximum Gasteiger partial charge on any atom is 0.249 e. The standard InChI is InChI=1S/C18H20N6/c1-13-6-4-5-7-16(13)21-18-22-17(12-19-23-18)20-14-8-10-15(11-9-14)24(2)3/h4-12H,1-3H3,(H2,20,21,22,23). The maximum absolute atomic E-state index is 4.46. The van der Waals surface area contributed by atoms with E-state index in [4.69, 9.17) is 0 Å². The fourth-order valence-corrected chi connectivity index (χ4v) is 2.24. The van der Waals surface area contributed by atoms with E-state index in [9.17, 15) is 0 Å².